The van der Waals surface area contributed by atoms with E-state index >= 15 is 0 Å². The van der Waals surface area contributed by atoms with Gasteiger partial charge in [-0.2, -0.15) is 0 Å². The molecule has 0 aromatic carbocycles. The molecule has 0 spiro atoms. The minimum absolute atomic E-state index is 0.111. The van der Waals surface area contributed by atoms with E-state index in [0.29, 0.717) is 6.17 Å². The van der Waals surface area contributed by atoms with Gasteiger partial charge in [0.15, 0.2) is 0 Å². The summed E-state index contributed by atoms with van der Waals surface area (Å²) in [7, 11) is 2.12. The molecule has 1 N–H and O–H groups in total. The van der Waals surface area contributed by atoms with Crippen molar-refractivity contribution in [2.75, 3.05) is 13.6 Å². The maximum absolute atomic E-state index is 10.4. The van der Waals surface area contributed by atoms with Crippen LogP contribution in [0, 0.1) is 5.92 Å². The van der Waals surface area contributed by atoms with Crippen LogP contribution in [0.5, 0.6) is 0 Å². The van der Waals surface area contributed by atoms with Gasteiger partial charge in [0.2, 0.25) is 0 Å². The zero-order valence-corrected chi connectivity index (χ0v) is 14.5. The van der Waals surface area contributed by atoms with Crippen molar-refractivity contribution in [2.45, 2.75) is 72.4 Å². The van der Waals surface area contributed by atoms with Crippen LogP contribution in [0.2, 0.25) is 0 Å². The maximum Gasteiger partial charge on any atom is 0.306 e. The smallest absolute Gasteiger partial charge is 0.306 e. The normalized spacial score (nSPS) is 18.4. The van der Waals surface area contributed by atoms with Crippen LogP contribution in [0.1, 0.15) is 66.2 Å². The summed E-state index contributed by atoms with van der Waals surface area (Å²) in [4.78, 5) is 15.0. The maximum atomic E-state index is 10.4. The van der Waals surface area contributed by atoms with Crippen LogP contribution >= 0.6 is 0 Å². The van der Waals surface area contributed by atoms with Crippen LogP contribution in [0.15, 0.2) is 12.4 Å². The molecule has 0 aromatic rings. The molecule has 2 unspecified atom stereocenters. The Morgan fingerprint density at radius 1 is 1.19 bits per heavy atom. The van der Waals surface area contributed by atoms with Crippen molar-refractivity contribution >= 4 is 5.97 Å². The second-order valence-electron chi connectivity index (χ2n) is 5.77. The lowest BCUT2D eigenvalue weighted by Crippen LogP contribution is -2.33. The Hall–Kier alpha value is -1.19. The molecule has 0 aromatic heterocycles. The minimum Gasteiger partial charge on any atom is -0.481 e. The van der Waals surface area contributed by atoms with Gasteiger partial charge >= 0.3 is 5.97 Å². The number of unbranched alkanes of at least 4 members (excludes halogenated alkanes) is 2. The van der Waals surface area contributed by atoms with Crippen LogP contribution in [0.4, 0.5) is 0 Å². The third kappa shape index (κ3) is 7.98. The molecule has 0 saturated heterocycles. The second kappa shape index (κ2) is 11.5. The Balaban J connectivity index is 0.000000384. The molecule has 0 amide bonds. The largest absolute Gasteiger partial charge is 0.481 e. The second-order valence-corrected chi connectivity index (χ2v) is 5.77. The van der Waals surface area contributed by atoms with Crippen LogP contribution in [0.25, 0.3) is 0 Å². The minimum atomic E-state index is -0.643. The van der Waals surface area contributed by atoms with E-state index in [1.165, 1.54) is 19.4 Å². The summed E-state index contributed by atoms with van der Waals surface area (Å²) in [6, 6.07) is 0. The quantitative estimate of drug-likeness (QED) is 0.731. The van der Waals surface area contributed by atoms with Gasteiger partial charge in [-0.05, 0) is 26.2 Å². The fourth-order valence-corrected chi connectivity index (χ4v) is 2.23. The first-order valence-corrected chi connectivity index (χ1v) is 8.36. The van der Waals surface area contributed by atoms with Crippen molar-refractivity contribution in [3.05, 3.63) is 12.4 Å². The van der Waals surface area contributed by atoms with Gasteiger partial charge in [-0.3, -0.25) is 4.79 Å². The Kier molecular flexibility index (Phi) is 10.8. The van der Waals surface area contributed by atoms with Gasteiger partial charge < -0.3 is 14.9 Å². The third-order valence-electron chi connectivity index (χ3n) is 4.08. The van der Waals surface area contributed by atoms with E-state index < -0.39 is 5.97 Å². The van der Waals surface area contributed by atoms with Crippen molar-refractivity contribution in [2.24, 2.45) is 5.92 Å². The Morgan fingerprint density at radius 3 is 2.19 bits per heavy atom. The Bertz CT molecular complexity index is 305. The highest BCUT2D eigenvalue weighted by atomic mass is 16.4. The molecule has 4 heteroatoms. The molecule has 21 heavy (non-hydrogen) atoms. The zero-order chi connectivity index (χ0) is 16.3. The van der Waals surface area contributed by atoms with E-state index in [4.69, 9.17) is 5.11 Å². The summed E-state index contributed by atoms with van der Waals surface area (Å²) in [6.45, 7) is 9.66. The zero-order valence-electron chi connectivity index (χ0n) is 14.5. The van der Waals surface area contributed by atoms with E-state index in [9.17, 15) is 4.79 Å². The highest BCUT2D eigenvalue weighted by molar-refractivity contribution is 5.69. The van der Waals surface area contributed by atoms with Crippen molar-refractivity contribution in [3.8, 4) is 0 Å². The van der Waals surface area contributed by atoms with Crippen LogP contribution in [-0.4, -0.2) is 40.6 Å². The van der Waals surface area contributed by atoms with Crippen LogP contribution < -0.4 is 0 Å². The SMILES string of the molecule is CCCCC(CC)C(=O)O.CCCCN1C=CN(C)C1C. The topological polar surface area (TPSA) is 43.8 Å². The van der Waals surface area contributed by atoms with Crippen molar-refractivity contribution in [3.63, 3.8) is 0 Å². The van der Waals surface area contributed by atoms with Crippen molar-refractivity contribution in [1.29, 1.82) is 0 Å². The Labute approximate surface area is 130 Å². The Morgan fingerprint density at radius 2 is 1.81 bits per heavy atom. The summed E-state index contributed by atoms with van der Waals surface area (Å²) in [5, 5.41) is 8.60. The molecule has 0 radical (unpaired) electrons. The first-order chi connectivity index (χ1) is 9.97. The van der Waals surface area contributed by atoms with Gasteiger partial charge in [-0.1, -0.05) is 40.0 Å². The molecule has 0 saturated carbocycles. The van der Waals surface area contributed by atoms with E-state index in [-0.39, 0.29) is 5.92 Å². The first kappa shape index (κ1) is 19.8. The summed E-state index contributed by atoms with van der Waals surface area (Å²) < 4.78 is 0. The molecule has 124 valence electrons. The number of aliphatic carboxylic acids is 1. The van der Waals surface area contributed by atoms with Crippen LogP contribution in [-0.2, 0) is 4.79 Å². The molecular weight excluding hydrogens is 264 g/mol. The highest BCUT2D eigenvalue weighted by Crippen LogP contribution is 2.13. The van der Waals surface area contributed by atoms with Crippen LogP contribution in [0.3, 0.4) is 0 Å². The molecule has 0 bridgehead atoms. The molecular formula is C17H34N2O2. The number of carboxylic acids is 1. The standard InChI is InChI=1S/C9H18N2.C8H16O2/c1-4-5-6-11-8-7-10(3)9(11)2;1-3-5-6-7(4-2)8(9)10/h7-9H,4-6H2,1-3H3;7H,3-6H2,1-2H3,(H,9,10). The highest BCUT2D eigenvalue weighted by Gasteiger charge is 2.16. The molecule has 1 aliphatic heterocycles. The van der Waals surface area contributed by atoms with E-state index in [0.717, 1.165) is 25.7 Å². The molecule has 1 heterocycles. The molecule has 1 rings (SSSR count). The van der Waals surface area contributed by atoms with Gasteiger partial charge in [0.25, 0.3) is 0 Å². The molecule has 0 fully saturated rings. The van der Waals surface area contributed by atoms with Gasteiger partial charge in [0.05, 0.1) is 12.1 Å². The fourth-order valence-electron chi connectivity index (χ4n) is 2.23. The number of hydrogen-bond donors (Lipinski definition) is 1. The van der Waals surface area contributed by atoms with Gasteiger partial charge in [0.1, 0.15) is 0 Å². The summed E-state index contributed by atoms with van der Waals surface area (Å²) in [6.07, 6.45) is 11.2. The number of hydrogen-bond acceptors (Lipinski definition) is 3. The lowest BCUT2D eigenvalue weighted by atomic mass is 10.00. The molecule has 1 aliphatic rings. The monoisotopic (exact) mass is 298 g/mol. The van der Waals surface area contributed by atoms with Crippen molar-refractivity contribution < 1.29 is 9.90 Å². The number of nitrogens with zero attached hydrogens (tertiary/aromatic N) is 2. The molecule has 0 aliphatic carbocycles. The lowest BCUT2D eigenvalue weighted by Gasteiger charge is -2.26. The summed E-state index contributed by atoms with van der Waals surface area (Å²) in [5.41, 5.74) is 0. The average Bonchev–Trinajstić information content (AvgIpc) is 2.78. The van der Waals surface area contributed by atoms with Crippen molar-refractivity contribution in [1.82, 2.24) is 9.80 Å². The number of carboxylic acid groups (broad SMARTS) is 1. The number of carbonyl (C=O) groups is 1. The predicted molar refractivity (Wildman–Crippen MR) is 88.9 cm³/mol. The predicted octanol–water partition coefficient (Wildman–Crippen LogP) is 4.14. The van der Waals surface area contributed by atoms with Gasteiger partial charge in [-0.25, -0.2) is 0 Å². The molecule has 4 nitrogen and oxygen atoms in total. The number of rotatable bonds is 8. The van der Waals surface area contributed by atoms with Gasteiger partial charge in [0, 0.05) is 26.0 Å². The molecule has 2 atom stereocenters. The van der Waals surface area contributed by atoms with E-state index in [1.54, 1.807) is 0 Å². The summed E-state index contributed by atoms with van der Waals surface area (Å²) >= 11 is 0. The van der Waals surface area contributed by atoms with Gasteiger partial charge in [-0.15, -0.1) is 0 Å². The third-order valence-corrected chi connectivity index (χ3v) is 4.08. The average molecular weight is 298 g/mol. The first-order valence-electron chi connectivity index (χ1n) is 8.36. The summed E-state index contributed by atoms with van der Waals surface area (Å²) in [5.74, 6) is -0.754. The van der Waals surface area contributed by atoms with E-state index in [2.05, 4.69) is 50.0 Å². The van der Waals surface area contributed by atoms with E-state index in [1.807, 2.05) is 6.92 Å². The fraction of sp³-hybridized carbons (Fsp3) is 0.824. The lowest BCUT2D eigenvalue weighted by molar-refractivity contribution is -0.142.